The van der Waals surface area contributed by atoms with E-state index in [0.717, 1.165) is 37.1 Å². The van der Waals surface area contributed by atoms with Gasteiger partial charge in [-0.2, -0.15) is 0 Å². The van der Waals surface area contributed by atoms with Crippen molar-refractivity contribution in [1.29, 1.82) is 0 Å². The van der Waals surface area contributed by atoms with Gasteiger partial charge in [0.05, 0.1) is 13.7 Å². The Morgan fingerprint density at radius 3 is 2.76 bits per heavy atom. The molecule has 1 aliphatic heterocycles. The van der Waals surface area contributed by atoms with Gasteiger partial charge in [-0.3, -0.25) is 4.99 Å². The molecule has 25 heavy (non-hydrogen) atoms. The summed E-state index contributed by atoms with van der Waals surface area (Å²) in [6, 6.07) is 5.76. The van der Waals surface area contributed by atoms with E-state index in [-0.39, 0.29) is 5.41 Å². The first-order chi connectivity index (χ1) is 12.0. The van der Waals surface area contributed by atoms with Gasteiger partial charge in [0.2, 0.25) is 0 Å². The molecule has 0 bridgehead atoms. The molecule has 3 N–H and O–H groups in total. The zero-order valence-electron chi connectivity index (χ0n) is 15.5. The zero-order chi connectivity index (χ0) is 18.3. The van der Waals surface area contributed by atoms with Crippen LogP contribution in [0.25, 0.3) is 0 Å². The predicted octanol–water partition coefficient (Wildman–Crippen LogP) is 3.35. The molecule has 1 aliphatic rings. The van der Waals surface area contributed by atoms with Gasteiger partial charge in [0, 0.05) is 35.8 Å². The van der Waals surface area contributed by atoms with Crippen LogP contribution in [0, 0.1) is 5.92 Å². The smallest absolute Gasteiger partial charge is 0.188 e. The van der Waals surface area contributed by atoms with E-state index in [2.05, 4.69) is 24.2 Å². The summed E-state index contributed by atoms with van der Waals surface area (Å²) in [6.45, 7) is 7.21. The van der Waals surface area contributed by atoms with E-state index in [9.17, 15) is 0 Å². The van der Waals surface area contributed by atoms with Crippen molar-refractivity contribution in [1.82, 2.24) is 5.32 Å². The second kappa shape index (κ2) is 9.30. The summed E-state index contributed by atoms with van der Waals surface area (Å²) in [5, 5.41) is 3.90. The number of aliphatic imine (C=N–C) groups is 1. The minimum absolute atomic E-state index is 0.168. The fraction of sp³-hybridized carbons (Fsp3) is 0.632. The number of rotatable bonds is 7. The molecule has 1 fully saturated rings. The van der Waals surface area contributed by atoms with Gasteiger partial charge in [-0.15, -0.1) is 0 Å². The van der Waals surface area contributed by atoms with Crippen LogP contribution in [0.3, 0.4) is 0 Å². The lowest BCUT2D eigenvalue weighted by Crippen LogP contribution is -2.39. The van der Waals surface area contributed by atoms with Gasteiger partial charge in [0.25, 0.3) is 0 Å². The average molecular weight is 368 g/mol. The molecule has 2 rings (SSSR count). The lowest BCUT2D eigenvalue weighted by molar-refractivity contribution is 0.0523. The predicted molar refractivity (Wildman–Crippen MR) is 104 cm³/mol. The van der Waals surface area contributed by atoms with E-state index >= 15 is 0 Å². The first-order valence-corrected chi connectivity index (χ1v) is 9.30. The monoisotopic (exact) mass is 367 g/mol. The van der Waals surface area contributed by atoms with Crippen LogP contribution in [-0.4, -0.2) is 39.4 Å². The molecule has 0 aliphatic carbocycles. The number of methoxy groups -OCH3 is 1. The van der Waals surface area contributed by atoms with E-state index in [1.807, 2.05) is 18.2 Å². The van der Waals surface area contributed by atoms with E-state index in [4.69, 9.17) is 26.8 Å². The van der Waals surface area contributed by atoms with Crippen LogP contribution < -0.4 is 15.8 Å². The van der Waals surface area contributed by atoms with E-state index in [1.165, 1.54) is 0 Å². The van der Waals surface area contributed by atoms with Crippen LogP contribution in [-0.2, 0) is 10.2 Å². The third-order valence-electron chi connectivity index (χ3n) is 4.76. The van der Waals surface area contributed by atoms with Crippen molar-refractivity contribution in [2.24, 2.45) is 16.6 Å². The maximum Gasteiger partial charge on any atom is 0.188 e. The molecule has 0 atom stereocenters. The molecule has 6 heteroatoms. The Balaban J connectivity index is 2.19. The minimum Gasteiger partial charge on any atom is -0.496 e. The second-order valence-corrected chi connectivity index (χ2v) is 7.48. The summed E-state index contributed by atoms with van der Waals surface area (Å²) in [5.41, 5.74) is 6.98. The lowest BCUT2D eigenvalue weighted by Gasteiger charge is -2.37. The van der Waals surface area contributed by atoms with E-state index in [0.29, 0.717) is 36.7 Å². The van der Waals surface area contributed by atoms with Gasteiger partial charge in [-0.1, -0.05) is 25.4 Å². The van der Waals surface area contributed by atoms with Crippen molar-refractivity contribution >= 4 is 17.6 Å². The molecule has 0 saturated carbocycles. The molecule has 0 unspecified atom stereocenters. The molecule has 1 aromatic rings. The molecule has 0 radical (unpaired) electrons. The van der Waals surface area contributed by atoms with Crippen molar-refractivity contribution in [3.63, 3.8) is 0 Å². The van der Waals surface area contributed by atoms with Gasteiger partial charge in [-0.05, 0) is 43.4 Å². The number of ether oxygens (including phenoxy) is 2. The Morgan fingerprint density at radius 1 is 1.40 bits per heavy atom. The number of nitrogens with two attached hydrogens (primary N) is 1. The van der Waals surface area contributed by atoms with Gasteiger partial charge >= 0.3 is 0 Å². The molecule has 140 valence electrons. The fourth-order valence-corrected chi connectivity index (χ4v) is 3.32. The fourth-order valence-electron chi connectivity index (χ4n) is 3.15. The quantitative estimate of drug-likeness (QED) is 0.572. The third-order valence-corrected chi connectivity index (χ3v) is 5.00. The molecule has 5 nitrogen and oxygen atoms in total. The summed E-state index contributed by atoms with van der Waals surface area (Å²) in [7, 11) is 1.69. The van der Waals surface area contributed by atoms with Crippen molar-refractivity contribution in [2.75, 3.05) is 33.4 Å². The number of benzene rings is 1. The van der Waals surface area contributed by atoms with Crippen LogP contribution in [0.2, 0.25) is 5.02 Å². The largest absolute Gasteiger partial charge is 0.496 e. The number of halogens is 1. The zero-order valence-corrected chi connectivity index (χ0v) is 16.2. The lowest BCUT2D eigenvalue weighted by atomic mass is 9.73. The van der Waals surface area contributed by atoms with Gasteiger partial charge in [0.15, 0.2) is 5.96 Å². The molecule has 0 amide bonds. The third kappa shape index (κ3) is 5.51. The highest BCUT2D eigenvalue weighted by Gasteiger charge is 2.37. The standard InChI is InChI=1S/C19H30ClN3O2/c1-14(2)6-9-22-18(21)23-13-19(7-10-25-11-8-19)16-12-15(20)4-5-17(16)24-3/h4-5,12,14H,6-11,13H2,1-3H3,(H3,21,22,23). The highest BCUT2D eigenvalue weighted by atomic mass is 35.5. The van der Waals surface area contributed by atoms with Crippen molar-refractivity contribution in [3.8, 4) is 5.75 Å². The van der Waals surface area contributed by atoms with E-state index < -0.39 is 0 Å². The topological polar surface area (TPSA) is 68.9 Å². The molecule has 1 heterocycles. The minimum atomic E-state index is -0.168. The first kappa shape index (κ1) is 19.9. The SMILES string of the molecule is COc1ccc(Cl)cc1C1(CN=C(N)NCCC(C)C)CCOCC1. The van der Waals surface area contributed by atoms with E-state index in [1.54, 1.807) is 7.11 Å². The number of guanidine groups is 1. The summed E-state index contributed by atoms with van der Waals surface area (Å²) in [4.78, 5) is 4.63. The Bertz CT molecular complexity index is 584. The second-order valence-electron chi connectivity index (χ2n) is 7.05. The molecular weight excluding hydrogens is 338 g/mol. The molecule has 1 saturated heterocycles. The van der Waals surface area contributed by atoms with Crippen LogP contribution in [0.5, 0.6) is 5.75 Å². The maximum absolute atomic E-state index is 6.26. The van der Waals surface area contributed by atoms with Crippen molar-refractivity contribution in [3.05, 3.63) is 28.8 Å². The number of hydrogen-bond donors (Lipinski definition) is 2. The highest BCUT2D eigenvalue weighted by Crippen LogP contribution is 2.41. The average Bonchev–Trinajstić information content (AvgIpc) is 2.60. The number of nitrogens with zero attached hydrogens (tertiary/aromatic N) is 1. The Hall–Kier alpha value is -1.46. The summed E-state index contributed by atoms with van der Waals surface area (Å²) >= 11 is 6.26. The van der Waals surface area contributed by atoms with Crippen LogP contribution in [0.15, 0.2) is 23.2 Å². The maximum atomic E-state index is 6.26. The summed E-state index contributed by atoms with van der Waals surface area (Å²) in [5.74, 6) is 1.97. The van der Waals surface area contributed by atoms with Crippen molar-refractivity contribution in [2.45, 2.75) is 38.5 Å². The number of nitrogens with one attached hydrogen (secondary N) is 1. The molecule has 1 aromatic carbocycles. The van der Waals surface area contributed by atoms with Crippen LogP contribution in [0.1, 0.15) is 38.7 Å². The summed E-state index contributed by atoms with van der Waals surface area (Å²) in [6.07, 6.45) is 2.80. The number of hydrogen-bond acceptors (Lipinski definition) is 3. The normalized spacial score (nSPS) is 17.6. The van der Waals surface area contributed by atoms with Gasteiger partial charge in [-0.25, -0.2) is 0 Å². The van der Waals surface area contributed by atoms with Crippen molar-refractivity contribution < 1.29 is 9.47 Å². The molecule has 0 spiro atoms. The van der Waals surface area contributed by atoms with Crippen LogP contribution >= 0.6 is 11.6 Å². The Kier molecular flexibility index (Phi) is 7.38. The molecular formula is C19H30ClN3O2. The Labute approximate surface area is 155 Å². The highest BCUT2D eigenvalue weighted by molar-refractivity contribution is 6.30. The van der Waals surface area contributed by atoms with Gasteiger partial charge < -0.3 is 20.5 Å². The first-order valence-electron chi connectivity index (χ1n) is 8.92. The van der Waals surface area contributed by atoms with Gasteiger partial charge in [0.1, 0.15) is 5.75 Å². The Morgan fingerprint density at radius 2 is 2.12 bits per heavy atom. The van der Waals surface area contributed by atoms with Crippen LogP contribution in [0.4, 0.5) is 0 Å². The molecule has 0 aromatic heterocycles. The summed E-state index contributed by atoms with van der Waals surface area (Å²) < 4.78 is 11.2.